The lowest BCUT2D eigenvalue weighted by atomic mass is 9.82. The second kappa shape index (κ2) is 5.88. The summed E-state index contributed by atoms with van der Waals surface area (Å²) in [6.45, 7) is 2.27. The van der Waals surface area contributed by atoms with E-state index in [2.05, 4.69) is 27.4 Å². The average Bonchev–Trinajstić information content (AvgIpc) is 2.78. The Morgan fingerprint density at radius 3 is 2.71 bits per heavy atom. The largest absolute Gasteiger partial charge is 0.322 e. The van der Waals surface area contributed by atoms with Crippen molar-refractivity contribution in [1.29, 1.82) is 0 Å². The number of imidazole rings is 1. The van der Waals surface area contributed by atoms with Crippen molar-refractivity contribution in [3.8, 4) is 0 Å². The minimum Gasteiger partial charge on any atom is -0.322 e. The summed E-state index contributed by atoms with van der Waals surface area (Å²) in [6, 6.07) is 3.37. The number of halogens is 3. The summed E-state index contributed by atoms with van der Waals surface area (Å²) in [7, 11) is 0. The molecule has 3 rings (SSSR count). The van der Waals surface area contributed by atoms with Gasteiger partial charge in [0.25, 0.3) is 0 Å². The number of benzene rings is 1. The first-order valence-corrected chi connectivity index (χ1v) is 8.81. The van der Waals surface area contributed by atoms with Crippen LogP contribution in [0.25, 0.3) is 11.0 Å². The molecule has 0 amide bonds. The monoisotopic (exact) mass is 372 g/mol. The molecule has 114 valence electrons. The van der Waals surface area contributed by atoms with E-state index in [1.165, 1.54) is 19.3 Å². The summed E-state index contributed by atoms with van der Waals surface area (Å²) in [5.74, 6) is 1.27. The zero-order valence-electron chi connectivity index (χ0n) is 12.1. The molecule has 1 heterocycles. The molecule has 1 aliphatic carbocycles. The molecule has 5 heteroatoms. The highest BCUT2D eigenvalue weighted by Crippen LogP contribution is 2.38. The number of hydrogen-bond donors (Lipinski definition) is 0. The normalized spacial score (nSPS) is 18.3. The number of alkyl halides is 1. The maximum absolute atomic E-state index is 14.0. The van der Waals surface area contributed by atoms with Crippen molar-refractivity contribution >= 4 is 38.6 Å². The van der Waals surface area contributed by atoms with E-state index < -0.39 is 0 Å². The molecule has 1 saturated carbocycles. The van der Waals surface area contributed by atoms with Crippen molar-refractivity contribution in [3.05, 3.63) is 28.2 Å². The fraction of sp³-hybridized carbons (Fsp3) is 0.562. The molecule has 21 heavy (non-hydrogen) atoms. The van der Waals surface area contributed by atoms with E-state index >= 15 is 0 Å². The zero-order chi connectivity index (χ0) is 15.0. The number of aromatic nitrogens is 2. The van der Waals surface area contributed by atoms with E-state index in [-0.39, 0.29) is 11.4 Å². The van der Waals surface area contributed by atoms with Crippen molar-refractivity contribution < 1.29 is 4.39 Å². The molecule has 0 saturated heterocycles. The average molecular weight is 374 g/mol. The third-order valence-corrected chi connectivity index (χ3v) is 5.35. The standard InChI is InChI=1S/C16H19BrClFN2/c1-16(6-3-2-4-7-16)21-14-10-12(19)11(17)9-13(14)20-15(21)5-8-18/h9-10H,2-8H2,1H3. The van der Waals surface area contributed by atoms with Gasteiger partial charge in [-0.1, -0.05) is 19.3 Å². The van der Waals surface area contributed by atoms with Gasteiger partial charge in [0.05, 0.1) is 15.5 Å². The lowest BCUT2D eigenvalue weighted by molar-refractivity contribution is 0.219. The SMILES string of the molecule is CC1(n2c(CCCl)nc3cc(Br)c(F)cc32)CCCCC1. The topological polar surface area (TPSA) is 17.8 Å². The Morgan fingerprint density at radius 2 is 2.05 bits per heavy atom. The van der Waals surface area contributed by atoms with E-state index in [0.29, 0.717) is 16.8 Å². The first-order valence-electron chi connectivity index (χ1n) is 7.48. The highest BCUT2D eigenvalue weighted by Gasteiger charge is 2.32. The predicted molar refractivity (Wildman–Crippen MR) is 88.5 cm³/mol. The molecular weight excluding hydrogens is 355 g/mol. The molecule has 1 aromatic heterocycles. The highest BCUT2D eigenvalue weighted by atomic mass is 79.9. The number of nitrogens with zero attached hydrogens (tertiary/aromatic N) is 2. The molecule has 0 N–H and O–H groups in total. The van der Waals surface area contributed by atoms with Crippen LogP contribution in [0, 0.1) is 5.82 Å². The van der Waals surface area contributed by atoms with Crippen LogP contribution in [-0.2, 0) is 12.0 Å². The van der Waals surface area contributed by atoms with Crippen molar-refractivity contribution in [3.63, 3.8) is 0 Å². The molecule has 0 aliphatic heterocycles. The Kier molecular flexibility index (Phi) is 4.28. The van der Waals surface area contributed by atoms with Gasteiger partial charge in [-0.15, -0.1) is 11.6 Å². The Morgan fingerprint density at radius 1 is 1.33 bits per heavy atom. The molecule has 1 aliphatic rings. The predicted octanol–water partition coefficient (Wildman–Crippen LogP) is 5.40. The third kappa shape index (κ3) is 2.72. The van der Waals surface area contributed by atoms with Gasteiger partial charge in [0.2, 0.25) is 0 Å². The molecule has 0 spiro atoms. The smallest absolute Gasteiger partial charge is 0.139 e. The highest BCUT2D eigenvalue weighted by molar-refractivity contribution is 9.10. The third-order valence-electron chi connectivity index (χ3n) is 4.55. The fourth-order valence-electron chi connectivity index (χ4n) is 3.51. The second-order valence-electron chi connectivity index (χ2n) is 6.12. The van der Waals surface area contributed by atoms with Gasteiger partial charge in [-0.2, -0.15) is 0 Å². The maximum Gasteiger partial charge on any atom is 0.139 e. The molecular formula is C16H19BrClFN2. The van der Waals surface area contributed by atoms with Gasteiger partial charge in [-0.3, -0.25) is 0 Å². The Bertz CT molecular complexity index is 662. The summed E-state index contributed by atoms with van der Waals surface area (Å²) in [5.41, 5.74) is 1.75. The van der Waals surface area contributed by atoms with Crippen LogP contribution in [0.4, 0.5) is 4.39 Å². The van der Waals surface area contributed by atoms with Gasteiger partial charge < -0.3 is 4.57 Å². The molecule has 0 atom stereocenters. The molecule has 1 aromatic carbocycles. The summed E-state index contributed by atoms with van der Waals surface area (Å²) in [5, 5.41) is 0. The zero-order valence-corrected chi connectivity index (χ0v) is 14.5. The lowest BCUT2D eigenvalue weighted by Crippen LogP contribution is -2.34. The first-order chi connectivity index (χ1) is 10.0. The Balaban J connectivity index is 2.22. The minimum atomic E-state index is -0.236. The van der Waals surface area contributed by atoms with Crippen LogP contribution in [-0.4, -0.2) is 15.4 Å². The van der Waals surface area contributed by atoms with Crippen LogP contribution in [0.3, 0.4) is 0 Å². The van der Waals surface area contributed by atoms with Crippen molar-refractivity contribution in [2.45, 2.75) is 51.0 Å². The van der Waals surface area contributed by atoms with E-state index in [9.17, 15) is 4.39 Å². The quantitative estimate of drug-likeness (QED) is 0.659. The number of fused-ring (bicyclic) bond motifs is 1. The van der Waals surface area contributed by atoms with Crippen LogP contribution < -0.4 is 0 Å². The molecule has 0 radical (unpaired) electrons. The Hall–Kier alpha value is -0.610. The summed E-state index contributed by atoms with van der Waals surface area (Å²) in [6.07, 6.45) is 6.67. The van der Waals surface area contributed by atoms with Gasteiger partial charge in [0, 0.05) is 23.9 Å². The van der Waals surface area contributed by atoms with Crippen LogP contribution in [0.2, 0.25) is 0 Å². The van der Waals surface area contributed by atoms with Crippen LogP contribution in [0.5, 0.6) is 0 Å². The van der Waals surface area contributed by atoms with Gasteiger partial charge >= 0.3 is 0 Å². The van der Waals surface area contributed by atoms with Crippen molar-refractivity contribution in [1.82, 2.24) is 9.55 Å². The molecule has 2 aromatic rings. The van der Waals surface area contributed by atoms with E-state index in [4.69, 9.17) is 16.6 Å². The fourth-order valence-corrected chi connectivity index (χ4v) is 4.01. The van der Waals surface area contributed by atoms with Gasteiger partial charge in [0.1, 0.15) is 11.6 Å². The summed E-state index contributed by atoms with van der Waals surface area (Å²) >= 11 is 9.19. The van der Waals surface area contributed by atoms with Gasteiger partial charge in [0.15, 0.2) is 0 Å². The first kappa shape index (κ1) is 15.3. The van der Waals surface area contributed by atoms with E-state index in [0.717, 1.165) is 29.7 Å². The van der Waals surface area contributed by atoms with Crippen LogP contribution >= 0.6 is 27.5 Å². The van der Waals surface area contributed by atoms with E-state index in [1.54, 1.807) is 12.1 Å². The van der Waals surface area contributed by atoms with Crippen molar-refractivity contribution in [2.75, 3.05) is 5.88 Å². The van der Waals surface area contributed by atoms with E-state index in [1.807, 2.05) is 0 Å². The van der Waals surface area contributed by atoms with Crippen molar-refractivity contribution in [2.24, 2.45) is 0 Å². The molecule has 2 nitrogen and oxygen atoms in total. The van der Waals surface area contributed by atoms with Gasteiger partial charge in [-0.05, 0) is 41.8 Å². The van der Waals surface area contributed by atoms with Gasteiger partial charge in [-0.25, -0.2) is 9.37 Å². The summed E-state index contributed by atoms with van der Waals surface area (Å²) in [4.78, 5) is 4.71. The molecule has 0 unspecified atom stereocenters. The summed E-state index contributed by atoms with van der Waals surface area (Å²) < 4.78 is 16.7. The van der Waals surface area contributed by atoms with Crippen LogP contribution in [0.1, 0.15) is 44.9 Å². The molecule has 1 fully saturated rings. The maximum atomic E-state index is 14.0. The minimum absolute atomic E-state index is 0.0225. The lowest BCUT2D eigenvalue weighted by Gasteiger charge is -2.37. The second-order valence-corrected chi connectivity index (χ2v) is 7.35. The van der Waals surface area contributed by atoms with Crippen LogP contribution in [0.15, 0.2) is 16.6 Å². The Labute approximate surface area is 137 Å². The molecule has 0 bridgehead atoms. The number of hydrogen-bond acceptors (Lipinski definition) is 1. The number of aryl methyl sites for hydroxylation is 1. The number of rotatable bonds is 3.